The summed E-state index contributed by atoms with van der Waals surface area (Å²) in [5.74, 6) is 1.17. The van der Waals surface area contributed by atoms with Crippen LogP contribution in [0.1, 0.15) is 27.0 Å². The molecule has 1 spiro atoms. The van der Waals surface area contributed by atoms with Crippen molar-refractivity contribution in [2.24, 2.45) is 0 Å². The molecule has 0 amide bonds. The van der Waals surface area contributed by atoms with E-state index < -0.39 is 5.60 Å². The fourth-order valence-corrected chi connectivity index (χ4v) is 6.89. The summed E-state index contributed by atoms with van der Waals surface area (Å²) < 4.78 is 16.7. The Hall–Kier alpha value is -0.150. The van der Waals surface area contributed by atoms with Crippen LogP contribution in [0.2, 0.25) is 0 Å². The van der Waals surface area contributed by atoms with Gasteiger partial charge in [-0.15, -0.1) is 0 Å². The van der Waals surface area contributed by atoms with Crippen molar-refractivity contribution < 1.29 is 14.3 Å². The van der Waals surface area contributed by atoms with Gasteiger partial charge in [0.1, 0.15) is 11.5 Å². The van der Waals surface area contributed by atoms with Crippen molar-refractivity contribution in [3.8, 4) is 11.5 Å². The van der Waals surface area contributed by atoms with E-state index in [0.717, 1.165) is 42.5 Å². The minimum atomic E-state index is -0.988. The van der Waals surface area contributed by atoms with Gasteiger partial charge in [-0.1, -0.05) is 30.3 Å². The summed E-state index contributed by atoms with van der Waals surface area (Å²) in [7, 11) is 0. The molecule has 0 radical (unpaired) electrons. The molecule has 0 saturated carbocycles. The van der Waals surface area contributed by atoms with Crippen molar-refractivity contribution >= 4 is 96.3 Å². The molecule has 3 nitrogen and oxygen atoms in total. The Kier molecular flexibility index (Phi) is 4.67. The molecule has 0 saturated heterocycles. The Balaban J connectivity index is 1.98. The SMILES string of the molecule is O=C1OC2(c3ccccc3Oc3cc(I)c(I)c(I)c32)c2cccc(I)c21. The van der Waals surface area contributed by atoms with Gasteiger partial charge in [0.2, 0.25) is 0 Å². The predicted octanol–water partition coefficient (Wildman–Crippen LogP) is 6.67. The lowest BCUT2D eigenvalue weighted by Gasteiger charge is -2.37. The fraction of sp³-hybridized carbons (Fsp3) is 0.0500. The van der Waals surface area contributed by atoms with E-state index >= 15 is 0 Å². The van der Waals surface area contributed by atoms with Crippen molar-refractivity contribution in [3.63, 3.8) is 0 Å². The lowest BCUT2D eigenvalue weighted by atomic mass is 9.78. The zero-order valence-electron chi connectivity index (χ0n) is 13.4. The number of carbonyl (C=O) groups excluding carboxylic acids is 1. The fourth-order valence-electron chi connectivity index (χ4n) is 3.74. The molecule has 2 aliphatic heterocycles. The number of hydrogen-bond donors (Lipinski definition) is 0. The Labute approximate surface area is 210 Å². The maximum absolute atomic E-state index is 13.0. The minimum Gasteiger partial charge on any atom is -0.456 e. The molecular formula is C20H8I4O3. The summed E-state index contributed by atoms with van der Waals surface area (Å²) in [5.41, 5.74) is 2.30. The lowest BCUT2D eigenvalue weighted by Crippen LogP contribution is -2.34. The van der Waals surface area contributed by atoms with Crippen molar-refractivity contribution in [1.82, 2.24) is 0 Å². The topological polar surface area (TPSA) is 35.5 Å². The van der Waals surface area contributed by atoms with Crippen LogP contribution in [0.5, 0.6) is 11.5 Å². The lowest BCUT2D eigenvalue weighted by molar-refractivity contribution is 0.0221. The summed E-state index contributed by atoms with van der Waals surface area (Å²) in [6, 6.07) is 15.7. The van der Waals surface area contributed by atoms with Crippen LogP contribution in [-0.4, -0.2) is 5.97 Å². The Morgan fingerprint density at radius 3 is 2.33 bits per heavy atom. The smallest absolute Gasteiger partial charge is 0.341 e. The summed E-state index contributed by atoms with van der Waals surface area (Å²) in [5, 5.41) is 0. The number of fused-ring (bicyclic) bond motifs is 6. The second-order valence-corrected chi connectivity index (χ2v) is 10.7. The van der Waals surface area contributed by atoms with E-state index in [2.05, 4.69) is 90.4 Å². The molecule has 3 aromatic carbocycles. The highest BCUT2D eigenvalue weighted by molar-refractivity contribution is 14.1. The van der Waals surface area contributed by atoms with E-state index in [-0.39, 0.29) is 5.97 Å². The number of esters is 1. The molecule has 3 aromatic rings. The van der Waals surface area contributed by atoms with E-state index in [1.54, 1.807) is 0 Å². The second kappa shape index (κ2) is 6.69. The normalized spacial score (nSPS) is 19.2. The molecule has 0 aliphatic carbocycles. The number of rotatable bonds is 0. The highest BCUT2D eigenvalue weighted by atomic mass is 127. The van der Waals surface area contributed by atoms with Gasteiger partial charge in [-0.2, -0.15) is 0 Å². The maximum Gasteiger partial charge on any atom is 0.341 e. The molecule has 0 fully saturated rings. The first kappa shape index (κ1) is 18.9. The van der Waals surface area contributed by atoms with Gasteiger partial charge in [-0.05, 0) is 109 Å². The van der Waals surface area contributed by atoms with E-state index in [4.69, 9.17) is 9.47 Å². The van der Waals surface area contributed by atoms with Crippen LogP contribution >= 0.6 is 90.4 Å². The van der Waals surface area contributed by atoms with E-state index in [1.807, 2.05) is 48.5 Å². The first-order chi connectivity index (χ1) is 12.9. The monoisotopic (exact) mass is 804 g/mol. The van der Waals surface area contributed by atoms with Crippen molar-refractivity contribution in [3.05, 3.63) is 85.1 Å². The standard InChI is InChI=1S/C20H8I4O3/c21-11-6-3-5-10-15(11)19(25)27-20(10)9-4-1-2-7-13(9)26-14-8-12(22)17(23)18(24)16(14)20/h1-8H. The largest absolute Gasteiger partial charge is 0.456 e. The number of para-hydroxylation sites is 1. The summed E-state index contributed by atoms with van der Waals surface area (Å²) >= 11 is 9.20. The van der Waals surface area contributed by atoms with Crippen LogP contribution in [0.25, 0.3) is 0 Å². The molecule has 2 heterocycles. The van der Waals surface area contributed by atoms with Gasteiger partial charge < -0.3 is 9.47 Å². The third kappa shape index (κ3) is 2.56. The molecule has 1 atom stereocenters. The average Bonchev–Trinajstić information content (AvgIpc) is 2.94. The quantitative estimate of drug-likeness (QED) is 0.145. The van der Waals surface area contributed by atoms with Crippen LogP contribution < -0.4 is 4.74 Å². The zero-order valence-corrected chi connectivity index (χ0v) is 22.0. The number of benzene rings is 3. The van der Waals surface area contributed by atoms with Crippen LogP contribution in [0, 0.1) is 14.3 Å². The summed E-state index contributed by atoms with van der Waals surface area (Å²) in [6.07, 6.45) is 0. The number of carbonyl (C=O) groups is 1. The highest BCUT2D eigenvalue weighted by Crippen LogP contribution is 2.58. The highest BCUT2D eigenvalue weighted by Gasteiger charge is 2.55. The molecule has 5 rings (SSSR count). The van der Waals surface area contributed by atoms with Crippen LogP contribution in [0.15, 0.2) is 48.5 Å². The number of halogens is 4. The predicted molar refractivity (Wildman–Crippen MR) is 136 cm³/mol. The summed E-state index contributed by atoms with van der Waals surface area (Å²) in [6.45, 7) is 0. The first-order valence-corrected chi connectivity index (χ1v) is 12.2. The average molecular weight is 804 g/mol. The van der Waals surface area contributed by atoms with Crippen LogP contribution in [0.3, 0.4) is 0 Å². The van der Waals surface area contributed by atoms with Crippen molar-refractivity contribution in [2.45, 2.75) is 5.60 Å². The molecule has 2 aliphatic rings. The van der Waals surface area contributed by atoms with Crippen molar-refractivity contribution in [1.29, 1.82) is 0 Å². The van der Waals surface area contributed by atoms with Crippen molar-refractivity contribution in [2.75, 3.05) is 0 Å². The molecule has 27 heavy (non-hydrogen) atoms. The molecule has 7 heteroatoms. The first-order valence-electron chi connectivity index (χ1n) is 7.93. The molecule has 0 bridgehead atoms. The van der Waals surface area contributed by atoms with Gasteiger partial charge in [-0.25, -0.2) is 4.79 Å². The third-order valence-electron chi connectivity index (χ3n) is 4.81. The van der Waals surface area contributed by atoms with Gasteiger partial charge in [0.05, 0.1) is 11.1 Å². The van der Waals surface area contributed by atoms with Gasteiger partial charge in [0.25, 0.3) is 0 Å². The zero-order chi connectivity index (χ0) is 18.9. The van der Waals surface area contributed by atoms with E-state index in [9.17, 15) is 4.79 Å². The van der Waals surface area contributed by atoms with Gasteiger partial charge in [0, 0.05) is 25.4 Å². The second-order valence-electron chi connectivity index (χ2n) is 6.19. The Morgan fingerprint density at radius 1 is 0.778 bits per heavy atom. The summed E-state index contributed by atoms with van der Waals surface area (Å²) in [4.78, 5) is 13.0. The maximum atomic E-state index is 13.0. The Bertz CT molecular complexity index is 1160. The van der Waals surface area contributed by atoms with Gasteiger partial charge in [-0.3, -0.25) is 0 Å². The van der Waals surface area contributed by atoms with E-state index in [0.29, 0.717) is 5.56 Å². The molecule has 134 valence electrons. The Morgan fingerprint density at radius 2 is 1.52 bits per heavy atom. The molecule has 1 unspecified atom stereocenters. The third-order valence-corrected chi connectivity index (χ3v) is 10.8. The molecular weight excluding hydrogens is 796 g/mol. The minimum absolute atomic E-state index is 0.290. The molecule has 0 N–H and O–H groups in total. The number of hydrogen-bond acceptors (Lipinski definition) is 3. The van der Waals surface area contributed by atoms with Gasteiger partial charge in [0.15, 0.2) is 5.60 Å². The van der Waals surface area contributed by atoms with Crippen LogP contribution in [-0.2, 0) is 10.3 Å². The van der Waals surface area contributed by atoms with E-state index in [1.165, 1.54) is 0 Å². The van der Waals surface area contributed by atoms with Gasteiger partial charge >= 0.3 is 5.97 Å². The van der Waals surface area contributed by atoms with Crippen LogP contribution in [0.4, 0.5) is 0 Å². The number of ether oxygens (including phenoxy) is 2. The molecule has 0 aromatic heterocycles.